The first kappa shape index (κ1) is 14.9. The number of pyridine rings is 1. The summed E-state index contributed by atoms with van der Waals surface area (Å²) in [5.74, 6) is 0. The van der Waals surface area contributed by atoms with Crippen LogP contribution in [0.25, 0.3) is 11.1 Å². The van der Waals surface area contributed by atoms with Crippen LogP contribution in [0.5, 0.6) is 0 Å². The van der Waals surface area contributed by atoms with E-state index in [9.17, 15) is 0 Å². The van der Waals surface area contributed by atoms with Crippen molar-refractivity contribution in [2.75, 3.05) is 0 Å². The van der Waals surface area contributed by atoms with Gasteiger partial charge in [0.2, 0.25) is 0 Å². The van der Waals surface area contributed by atoms with Gasteiger partial charge in [-0.2, -0.15) is 0 Å². The maximum Gasteiger partial charge on any atom is 0.0539 e. The van der Waals surface area contributed by atoms with E-state index in [-0.39, 0.29) is 24.8 Å². The third kappa shape index (κ3) is 3.49. The highest BCUT2D eigenvalue weighted by atomic mass is 35.5. The van der Waals surface area contributed by atoms with E-state index in [1.165, 1.54) is 5.56 Å². The summed E-state index contributed by atoms with van der Waals surface area (Å²) in [5, 5.41) is 0. The van der Waals surface area contributed by atoms with Crippen LogP contribution in [-0.2, 0) is 6.54 Å². The molecule has 86 valence electrons. The van der Waals surface area contributed by atoms with Crippen LogP contribution in [0.4, 0.5) is 0 Å². The molecule has 0 aliphatic heterocycles. The molecule has 2 nitrogen and oxygen atoms in total. The molecule has 0 atom stereocenters. The molecule has 0 spiro atoms. The standard InChI is InChI=1S/C12H12N2.2ClH/c13-8-12-7-6-11(9-14-12)10-4-2-1-3-5-10;;/h1-7,9H,8,13H2;2*1H. The molecule has 0 saturated carbocycles. The number of halogens is 2. The van der Waals surface area contributed by atoms with Crippen LogP contribution >= 0.6 is 24.8 Å². The number of aromatic nitrogens is 1. The molecule has 2 rings (SSSR count). The molecule has 0 fully saturated rings. The summed E-state index contributed by atoms with van der Waals surface area (Å²) >= 11 is 0. The fraction of sp³-hybridized carbons (Fsp3) is 0.0833. The second-order valence-corrected chi connectivity index (χ2v) is 3.11. The van der Waals surface area contributed by atoms with E-state index in [0.29, 0.717) is 6.54 Å². The molecule has 0 aliphatic carbocycles. The van der Waals surface area contributed by atoms with Crippen LogP contribution in [0, 0.1) is 0 Å². The maximum atomic E-state index is 5.48. The van der Waals surface area contributed by atoms with E-state index >= 15 is 0 Å². The van der Waals surface area contributed by atoms with Crippen LogP contribution in [0.1, 0.15) is 5.69 Å². The first-order valence-electron chi connectivity index (χ1n) is 4.60. The lowest BCUT2D eigenvalue weighted by atomic mass is 10.1. The highest BCUT2D eigenvalue weighted by Crippen LogP contribution is 2.17. The predicted molar refractivity (Wildman–Crippen MR) is 72.1 cm³/mol. The quantitative estimate of drug-likeness (QED) is 0.898. The van der Waals surface area contributed by atoms with Gasteiger partial charge in [0, 0.05) is 18.3 Å². The normalized spacial score (nSPS) is 8.81. The SMILES string of the molecule is Cl.Cl.NCc1ccc(-c2ccccc2)cn1. The summed E-state index contributed by atoms with van der Waals surface area (Å²) in [4.78, 5) is 4.25. The van der Waals surface area contributed by atoms with Gasteiger partial charge in [0.1, 0.15) is 0 Å². The zero-order valence-electron chi connectivity index (χ0n) is 8.67. The molecule has 2 N–H and O–H groups in total. The van der Waals surface area contributed by atoms with Crippen LogP contribution in [0.2, 0.25) is 0 Å². The fourth-order valence-corrected chi connectivity index (χ4v) is 1.35. The number of nitrogens with zero attached hydrogens (tertiary/aromatic N) is 1. The van der Waals surface area contributed by atoms with Crippen molar-refractivity contribution in [3.63, 3.8) is 0 Å². The Bertz CT molecular complexity index is 401. The van der Waals surface area contributed by atoms with Crippen molar-refractivity contribution in [3.8, 4) is 11.1 Å². The molecule has 0 radical (unpaired) electrons. The minimum absolute atomic E-state index is 0. The molecule has 0 saturated heterocycles. The van der Waals surface area contributed by atoms with Crippen LogP contribution in [-0.4, -0.2) is 4.98 Å². The first-order valence-corrected chi connectivity index (χ1v) is 4.60. The molecule has 1 aromatic heterocycles. The topological polar surface area (TPSA) is 38.9 Å². The number of nitrogens with two attached hydrogens (primary N) is 1. The van der Waals surface area contributed by atoms with Gasteiger partial charge in [-0.05, 0) is 11.6 Å². The zero-order valence-corrected chi connectivity index (χ0v) is 10.3. The summed E-state index contributed by atoms with van der Waals surface area (Å²) in [6.45, 7) is 0.495. The fourth-order valence-electron chi connectivity index (χ4n) is 1.35. The molecule has 1 aromatic carbocycles. The highest BCUT2D eigenvalue weighted by Gasteiger charge is 1.96. The van der Waals surface area contributed by atoms with Gasteiger partial charge in [-0.25, -0.2) is 0 Å². The van der Waals surface area contributed by atoms with E-state index in [2.05, 4.69) is 17.1 Å². The number of hydrogen-bond donors (Lipinski definition) is 1. The van der Waals surface area contributed by atoms with Crippen LogP contribution in [0.15, 0.2) is 48.7 Å². The Hall–Kier alpha value is -1.09. The van der Waals surface area contributed by atoms with E-state index in [1.54, 1.807) is 0 Å². The molecule has 16 heavy (non-hydrogen) atoms. The molecule has 4 heteroatoms. The number of hydrogen-bond acceptors (Lipinski definition) is 2. The van der Waals surface area contributed by atoms with E-state index in [1.807, 2.05) is 36.5 Å². The van der Waals surface area contributed by atoms with Crippen molar-refractivity contribution in [3.05, 3.63) is 54.4 Å². The smallest absolute Gasteiger partial charge is 0.0539 e. The van der Waals surface area contributed by atoms with Gasteiger partial charge < -0.3 is 5.73 Å². The number of rotatable bonds is 2. The molecule has 0 unspecified atom stereocenters. The van der Waals surface area contributed by atoms with Gasteiger partial charge in [-0.1, -0.05) is 36.4 Å². The van der Waals surface area contributed by atoms with Gasteiger partial charge in [0.15, 0.2) is 0 Å². The summed E-state index contributed by atoms with van der Waals surface area (Å²) in [6, 6.07) is 14.2. The minimum atomic E-state index is 0. The summed E-state index contributed by atoms with van der Waals surface area (Å²) in [6.07, 6.45) is 1.86. The van der Waals surface area contributed by atoms with E-state index in [0.717, 1.165) is 11.3 Å². The average molecular weight is 257 g/mol. The Kier molecular flexibility index (Phi) is 6.74. The highest BCUT2D eigenvalue weighted by molar-refractivity contribution is 5.85. The van der Waals surface area contributed by atoms with Crippen molar-refractivity contribution >= 4 is 24.8 Å². The Labute approximate surface area is 108 Å². The van der Waals surface area contributed by atoms with Crippen molar-refractivity contribution in [2.24, 2.45) is 5.73 Å². The van der Waals surface area contributed by atoms with Gasteiger partial charge in [0.25, 0.3) is 0 Å². The van der Waals surface area contributed by atoms with Crippen molar-refractivity contribution in [1.82, 2.24) is 4.98 Å². The van der Waals surface area contributed by atoms with Crippen LogP contribution < -0.4 is 5.73 Å². The Morgan fingerprint density at radius 2 is 1.56 bits per heavy atom. The van der Waals surface area contributed by atoms with E-state index < -0.39 is 0 Å². The lowest BCUT2D eigenvalue weighted by Crippen LogP contribution is -1.98. The van der Waals surface area contributed by atoms with Crippen molar-refractivity contribution in [2.45, 2.75) is 6.54 Å². The van der Waals surface area contributed by atoms with Gasteiger partial charge in [0.05, 0.1) is 5.69 Å². The summed E-state index contributed by atoms with van der Waals surface area (Å²) < 4.78 is 0. The van der Waals surface area contributed by atoms with E-state index in [4.69, 9.17) is 5.73 Å². The van der Waals surface area contributed by atoms with Gasteiger partial charge in [-0.15, -0.1) is 24.8 Å². The summed E-state index contributed by atoms with van der Waals surface area (Å²) in [5.41, 5.74) is 8.71. The third-order valence-corrected chi connectivity index (χ3v) is 2.14. The minimum Gasteiger partial charge on any atom is -0.325 e. The van der Waals surface area contributed by atoms with Crippen molar-refractivity contribution in [1.29, 1.82) is 0 Å². The monoisotopic (exact) mass is 256 g/mol. The predicted octanol–water partition coefficient (Wildman–Crippen LogP) is 3.05. The lowest BCUT2D eigenvalue weighted by Gasteiger charge is -2.01. The molecule has 2 aromatic rings. The largest absolute Gasteiger partial charge is 0.325 e. The zero-order chi connectivity index (χ0) is 9.80. The Morgan fingerprint density at radius 3 is 2.06 bits per heavy atom. The van der Waals surface area contributed by atoms with Crippen molar-refractivity contribution < 1.29 is 0 Å². The maximum absolute atomic E-state index is 5.48. The third-order valence-electron chi connectivity index (χ3n) is 2.14. The Balaban J connectivity index is 0.00000112. The molecule has 0 aliphatic rings. The van der Waals surface area contributed by atoms with Gasteiger partial charge in [-0.3, -0.25) is 4.98 Å². The molecule has 0 bridgehead atoms. The lowest BCUT2D eigenvalue weighted by molar-refractivity contribution is 0.991. The first-order chi connectivity index (χ1) is 6.90. The van der Waals surface area contributed by atoms with Gasteiger partial charge >= 0.3 is 0 Å². The molecular weight excluding hydrogens is 243 g/mol. The molecular formula is C12H14Cl2N2. The molecule has 0 amide bonds. The Morgan fingerprint density at radius 1 is 0.875 bits per heavy atom. The second kappa shape index (κ2) is 7.23. The number of benzene rings is 1. The van der Waals surface area contributed by atoms with Crippen LogP contribution in [0.3, 0.4) is 0 Å². The molecule has 1 heterocycles. The summed E-state index contributed by atoms with van der Waals surface area (Å²) in [7, 11) is 0. The second-order valence-electron chi connectivity index (χ2n) is 3.11. The average Bonchev–Trinajstić information content (AvgIpc) is 2.30.